The number of hydrogen-bond acceptors (Lipinski definition) is 4. The van der Waals surface area contributed by atoms with Crippen molar-refractivity contribution in [2.45, 2.75) is 39.2 Å². The molecule has 0 radical (unpaired) electrons. The molecule has 1 unspecified atom stereocenters. The third kappa shape index (κ3) is 2.82. The third-order valence-electron chi connectivity index (χ3n) is 3.01. The molecular weight excluding hydrogens is 263 g/mol. The number of rotatable bonds is 2. The van der Waals surface area contributed by atoms with Gasteiger partial charge in [0.25, 0.3) is 0 Å². The maximum absolute atomic E-state index is 13.3. The normalized spacial score (nSPS) is 13.6. The highest BCUT2D eigenvalue weighted by Crippen LogP contribution is 2.34. The van der Waals surface area contributed by atoms with E-state index in [-0.39, 0.29) is 11.2 Å². The highest BCUT2D eigenvalue weighted by atomic mass is 32.1. The second-order valence-electron chi connectivity index (χ2n) is 5.64. The fourth-order valence-electron chi connectivity index (χ4n) is 1.94. The molecule has 1 aromatic heterocycles. The lowest BCUT2D eigenvalue weighted by Crippen LogP contribution is -2.16. The summed E-state index contributed by atoms with van der Waals surface area (Å²) < 4.78 is 17.3. The lowest BCUT2D eigenvalue weighted by molar-refractivity contribution is 0.220. The molecule has 0 aliphatic rings. The van der Waals surface area contributed by atoms with Gasteiger partial charge in [-0.1, -0.05) is 31.3 Å². The summed E-state index contributed by atoms with van der Waals surface area (Å²) in [7, 11) is 0. The summed E-state index contributed by atoms with van der Waals surface area (Å²) in [5, 5.41) is 14.6. The van der Waals surface area contributed by atoms with Crippen molar-refractivity contribution in [2.75, 3.05) is 0 Å². The Labute approximate surface area is 116 Å². The molecule has 0 saturated carbocycles. The van der Waals surface area contributed by atoms with Gasteiger partial charge in [-0.25, -0.2) is 4.39 Å². The van der Waals surface area contributed by atoms with E-state index in [0.29, 0.717) is 10.4 Å². The molecule has 0 bridgehead atoms. The standard InChI is InChI=1S/C14H17FN2OS/c1-8-5-6-9(15)7-10(8)11(18)12-13(14(2,3)4)16-17-19-12/h5-7,11,18H,1-4H3. The van der Waals surface area contributed by atoms with Crippen molar-refractivity contribution in [3.8, 4) is 0 Å². The molecule has 0 amide bonds. The average Bonchev–Trinajstić information content (AvgIpc) is 2.80. The zero-order chi connectivity index (χ0) is 14.2. The Kier molecular flexibility index (Phi) is 3.69. The monoisotopic (exact) mass is 280 g/mol. The van der Waals surface area contributed by atoms with E-state index in [4.69, 9.17) is 0 Å². The van der Waals surface area contributed by atoms with Gasteiger partial charge in [-0.05, 0) is 41.7 Å². The molecular formula is C14H17FN2OS. The van der Waals surface area contributed by atoms with Gasteiger partial charge in [0.05, 0.1) is 10.6 Å². The van der Waals surface area contributed by atoms with Crippen LogP contribution in [0, 0.1) is 12.7 Å². The van der Waals surface area contributed by atoms with Crippen LogP contribution >= 0.6 is 11.5 Å². The summed E-state index contributed by atoms with van der Waals surface area (Å²) in [5.41, 5.74) is 1.97. The first-order valence-electron chi connectivity index (χ1n) is 6.07. The number of nitrogens with zero attached hydrogens (tertiary/aromatic N) is 2. The van der Waals surface area contributed by atoms with Crippen LogP contribution in [0.3, 0.4) is 0 Å². The van der Waals surface area contributed by atoms with Gasteiger partial charge in [-0.2, -0.15) is 0 Å². The highest BCUT2D eigenvalue weighted by molar-refractivity contribution is 7.05. The van der Waals surface area contributed by atoms with Crippen molar-refractivity contribution in [2.24, 2.45) is 0 Å². The van der Waals surface area contributed by atoms with Crippen LogP contribution in [0.15, 0.2) is 18.2 Å². The van der Waals surface area contributed by atoms with E-state index in [1.54, 1.807) is 6.07 Å². The summed E-state index contributed by atoms with van der Waals surface area (Å²) in [6, 6.07) is 4.42. The molecule has 1 heterocycles. The van der Waals surface area contributed by atoms with Gasteiger partial charge in [0.2, 0.25) is 0 Å². The molecule has 1 aromatic carbocycles. The molecule has 1 N–H and O–H groups in total. The van der Waals surface area contributed by atoms with Crippen LogP contribution in [0.4, 0.5) is 4.39 Å². The quantitative estimate of drug-likeness (QED) is 0.917. The second kappa shape index (κ2) is 4.98. The van der Waals surface area contributed by atoms with E-state index in [9.17, 15) is 9.50 Å². The van der Waals surface area contributed by atoms with E-state index >= 15 is 0 Å². The Morgan fingerprint density at radius 3 is 2.63 bits per heavy atom. The van der Waals surface area contributed by atoms with Crippen LogP contribution in [-0.4, -0.2) is 14.7 Å². The largest absolute Gasteiger partial charge is 0.383 e. The van der Waals surface area contributed by atoms with Gasteiger partial charge in [0.15, 0.2) is 0 Å². The molecule has 5 heteroatoms. The van der Waals surface area contributed by atoms with Crippen molar-refractivity contribution >= 4 is 11.5 Å². The molecule has 102 valence electrons. The first kappa shape index (κ1) is 14.1. The number of aliphatic hydroxyl groups excluding tert-OH is 1. The van der Waals surface area contributed by atoms with Gasteiger partial charge in [0, 0.05) is 5.41 Å². The van der Waals surface area contributed by atoms with E-state index in [1.165, 1.54) is 12.1 Å². The Hall–Kier alpha value is -1.33. The number of halogens is 1. The number of hydrogen-bond donors (Lipinski definition) is 1. The summed E-state index contributed by atoms with van der Waals surface area (Å²) in [6.45, 7) is 7.89. The van der Waals surface area contributed by atoms with Crippen LogP contribution in [0.5, 0.6) is 0 Å². The van der Waals surface area contributed by atoms with Gasteiger partial charge in [-0.3, -0.25) is 0 Å². The van der Waals surface area contributed by atoms with Crippen LogP contribution in [0.25, 0.3) is 0 Å². The Morgan fingerprint density at radius 2 is 2.00 bits per heavy atom. The van der Waals surface area contributed by atoms with Crippen LogP contribution in [-0.2, 0) is 5.41 Å². The van der Waals surface area contributed by atoms with Gasteiger partial charge >= 0.3 is 0 Å². The molecule has 19 heavy (non-hydrogen) atoms. The Balaban J connectivity index is 2.48. The Bertz CT molecular complexity index is 589. The summed E-state index contributed by atoms with van der Waals surface area (Å²) in [5.74, 6) is -0.352. The lowest BCUT2D eigenvalue weighted by atomic mass is 9.89. The molecule has 0 saturated heterocycles. The number of benzene rings is 1. The summed E-state index contributed by atoms with van der Waals surface area (Å²) in [4.78, 5) is 0.682. The smallest absolute Gasteiger partial charge is 0.123 e. The third-order valence-corrected chi connectivity index (χ3v) is 3.78. The van der Waals surface area contributed by atoms with E-state index < -0.39 is 6.10 Å². The van der Waals surface area contributed by atoms with Crippen molar-refractivity contribution in [1.82, 2.24) is 9.59 Å². The zero-order valence-corrected chi connectivity index (χ0v) is 12.3. The zero-order valence-electron chi connectivity index (χ0n) is 11.4. The highest BCUT2D eigenvalue weighted by Gasteiger charge is 2.27. The van der Waals surface area contributed by atoms with Crippen LogP contribution in [0.1, 0.15) is 48.6 Å². The first-order chi connectivity index (χ1) is 8.80. The Morgan fingerprint density at radius 1 is 1.32 bits per heavy atom. The predicted octanol–water partition coefficient (Wildman–Crippen LogP) is 3.36. The molecule has 0 fully saturated rings. The fraction of sp³-hybridized carbons (Fsp3) is 0.429. The maximum Gasteiger partial charge on any atom is 0.123 e. The van der Waals surface area contributed by atoms with Gasteiger partial charge in [-0.15, -0.1) is 5.10 Å². The van der Waals surface area contributed by atoms with Crippen molar-refractivity contribution in [3.63, 3.8) is 0 Å². The molecule has 2 aromatic rings. The number of aromatic nitrogens is 2. The minimum atomic E-state index is -0.884. The topological polar surface area (TPSA) is 46.0 Å². The maximum atomic E-state index is 13.3. The minimum absolute atomic E-state index is 0.204. The van der Waals surface area contributed by atoms with Crippen LogP contribution < -0.4 is 0 Å². The summed E-state index contributed by atoms with van der Waals surface area (Å²) >= 11 is 1.16. The van der Waals surface area contributed by atoms with Crippen molar-refractivity contribution in [3.05, 3.63) is 45.7 Å². The fourth-order valence-corrected chi connectivity index (χ4v) is 2.81. The molecule has 2 rings (SSSR count). The second-order valence-corrected chi connectivity index (χ2v) is 6.42. The minimum Gasteiger partial charge on any atom is -0.383 e. The van der Waals surface area contributed by atoms with E-state index in [0.717, 1.165) is 22.8 Å². The summed E-state index contributed by atoms with van der Waals surface area (Å²) in [6.07, 6.45) is -0.884. The number of aliphatic hydroxyl groups is 1. The molecule has 3 nitrogen and oxygen atoms in total. The van der Waals surface area contributed by atoms with Crippen molar-refractivity contribution in [1.29, 1.82) is 0 Å². The molecule has 0 aliphatic heterocycles. The van der Waals surface area contributed by atoms with Gasteiger partial charge in [0.1, 0.15) is 11.9 Å². The van der Waals surface area contributed by atoms with E-state index in [2.05, 4.69) is 9.59 Å². The molecule has 0 spiro atoms. The van der Waals surface area contributed by atoms with E-state index in [1.807, 2.05) is 27.7 Å². The van der Waals surface area contributed by atoms with Gasteiger partial charge < -0.3 is 5.11 Å². The first-order valence-corrected chi connectivity index (χ1v) is 6.85. The predicted molar refractivity (Wildman–Crippen MR) is 73.8 cm³/mol. The van der Waals surface area contributed by atoms with Crippen LogP contribution in [0.2, 0.25) is 0 Å². The SMILES string of the molecule is Cc1ccc(F)cc1C(O)c1snnc1C(C)(C)C. The van der Waals surface area contributed by atoms with Crippen molar-refractivity contribution < 1.29 is 9.50 Å². The molecule has 1 atom stereocenters. The number of aryl methyl sites for hydroxylation is 1. The average molecular weight is 280 g/mol. The lowest BCUT2D eigenvalue weighted by Gasteiger charge is -2.20. The molecule has 0 aliphatic carbocycles.